The standard InChI is InChI=1S/C19H17F2N3O2S/c20-14-3-1-13(2-4-14)9-24-10-17(11-25)23-19(24)27-12-18(26)22-16-7-5-15(21)6-8-16/h1-8,10,25H,9,11-12H2,(H,22,26). The van der Waals surface area contributed by atoms with Gasteiger partial charge in [0, 0.05) is 18.4 Å². The van der Waals surface area contributed by atoms with E-state index in [2.05, 4.69) is 10.3 Å². The molecule has 0 saturated carbocycles. The first-order valence-corrected chi connectivity index (χ1v) is 9.11. The maximum atomic E-state index is 13.1. The van der Waals surface area contributed by atoms with Gasteiger partial charge in [-0.25, -0.2) is 13.8 Å². The van der Waals surface area contributed by atoms with Crippen LogP contribution in [0.2, 0.25) is 0 Å². The molecule has 0 unspecified atom stereocenters. The number of thioether (sulfide) groups is 1. The van der Waals surface area contributed by atoms with Crippen LogP contribution in [0.5, 0.6) is 0 Å². The Hall–Kier alpha value is -2.71. The largest absolute Gasteiger partial charge is 0.390 e. The molecule has 1 aromatic heterocycles. The summed E-state index contributed by atoms with van der Waals surface area (Å²) in [6.45, 7) is 0.223. The molecule has 1 heterocycles. The van der Waals surface area contributed by atoms with E-state index >= 15 is 0 Å². The average molecular weight is 389 g/mol. The molecule has 3 aromatic rings. The van der Waals surface area contributed by atoms with Crippen LogP contribution in [-0.2, 0) is 17.9 Å². The second kappa shape index (κ2) is 8.79. The van der Waals surface area contributed by atoms with Crippen molar-refractivity contribution in [3.8, 4) is 0 Å². The molecule has 2 N–H and O–H groups in total. The van der Waals surface area contributed by atoms with E-state index in [4.69, 9.17) is 0 Å². The molecule has 0 aliphatic carbocycles. The summed E-state index contributed by atoms with van der Waals surface area (Å²) in [5.41, 5.74) is 1.86. The van der Waals surface area contributed by atoms with Crippen LogP contribution in [-0.4, -0.2) is 26.3 Å². The first-order chi connectivity index (χ1) is 13.0. The average Bonchev–Trinajstić information content (AvgIpc) is 3.06. The van der Waals surface area contributed by atoms with Crippen LogP contribution >= 0.6 is 11.8 Å². The Morgan fingerprint density at radius 1 is 1.07 bits per heavy atom. The van der Waals surface area contributed by atoms with Gasteiger partial charge in [0.25, 0.3) is 0 Å². The van der Waals surface area contributed by atoms with Gasteiger partial charge in [-0.3, -0.25) is 4.79 Å². The zero-order valence-corrected chi connectivity index (χ0v) is 15.0. The van der Waals surface area contributed by atoms with Crippen molar-refractivity contribution in [2.45, 2.75) is 18.3 Å². The number of carbonyl (C=O) groups is 1. The molecule has 0 fully saturated rings. The lowest BCUT2D eigenvalue weighted by atomic mass is 10.2. The van der Waals surface area contributed by atoms with E-state index in [1.807, 2.05) is 0 Å². The summed E-state index contributed by atoms with van der Waals surface area (Å²) in [6, 6.07) is 11.6. The zero-order chi connectivity index (χ0) is 19.2. The van der Waals surface area contributed by atoms with E-state index in [9.17, 15) is 18.7 Å². The summed E-state index contributed by atoms with van der Waals surface area (Å²) in [5, 5.41) is 12.6. The van der Waals surface area contributed by atoms with Crippen molar-refractivity contribution in [1.29, 1.82) is 0 Å². The van der Waals surface area contributed by atoms with Gasteiger partial charge < -0.3 is 15.0 Å². The molecular weight excluding hydrogens is 372 g/mol. The highest BCUT2D eigenvalue weighted by Crippen LogP contribution is 2.20. The summed E-state index contributed by atoms with van der Waals surface area (Å²) in [4.78, 5) is 16.4. The molecule has 0 spiro atoms. The lowest BCUT2D eigenvalue weighted by Gasteiger charge is -2.08. The number of nitrogens with one attached hydrogen (secondary N) is 1. The number of imidazole rings is 1. The van der Waals surface area contributed by atoms with Crippen LogP contribution in [0.3, 0.4) is 0 Å². The van der Waals surface area contributed by atoms with E-state index in [1.165, 1.54) is 48.2 Å². The molecule has 0 aliphatic rings. The van der Waals surface area contributed by atoms with Crippen LogP contribution < -0.4 is 5.32 Å². The van der Waals surface area contributed by atoms with E-state index < -0.39 is 0 Å². The molecule has 0 radical (unpaired) electrons. The molecule has 3 rings (SSSR count). The molecule has 0 atom stereocenters. The van der Waals surface area contributed by atoms with Gasteiger partial charge in [-0.2, -0.15) is 0 Å². The molecule has 140 valence electrons. The van der Waals surface area contributed by atoms with Crippen molar-refractivity contribution in [2.24, 2.45) is 0 Å². The van der Waals surface area contributed by atoms with Gasteiger partial charge in [-0.15, -0.1) is 0 Å². The molecule has 0 saturated heterocycles. The number of nitrogens with zero attached hydrogens (tertiary/aromatic N) is 2. The fourth-order valence-electron chi connectivity index (χ4n) is 2.40. The predicted molar refractivity (Wildman–Crippen MR) is 99.4 cm³/mol. The maximum Gasteiger partial charge on any atom is 0.234 e. The van der Waals surface area contributed by atoms with Crippen LogP contribution in [0, 0.1) is 11.6 Å². The third-order valence-electron chi connectivity index (χ3n) is 3.68. The highest BCUT2D eigenvalue weighted by Gasteiger charge is 2.12. The Kier molecular flexibility index (Phi) is 6.20. The van der Waals surface area contributed by atoms with Crippen molar-refractivity contribution in [1.82, 2.24) is 9.55 Å². The van der Waals surface area contributed by atoms with Crippen LogP contribution in [0.1, 0.15) is 11.3 Å². The fraction of sp³-hybridized carbons (Fsp3) is 0.158. The SMILES string of the molecule is O=C(CSc1nc(CO)cn1Cc1ccc(F)cc1)Nc1ccc(F)cc1. The smallest absolute Gasteiger partial charge is 0.234 e. The lowest BCUT2D eigenvalue weighted by Crippen LogP contribution is -2.14. The van der Waals surface area contributed by atoms with Gasteiger partial charge in [0.05, 0.1) is 18.1 Å². The van der Waals surface area contributed by atoms with Crippen molar-refractivity contribution < 1.29 is 18.7 Å². The number of aromatic nitrogens is 2. The van der Waals surface area contributed by atoms with Crippen molar-refractivity contribution in [2.75, 3.05) is 11.1 Å². The van der Waals surface area contributed by atoms with Crippen LogP contribution in [0.25, 0.3) is 0 Å². The molecule has 27 heavy (non-hydrogen) atoms. The van der Waals surface area contributed by atoms with Gasteiger partial charge in [-0.05, 0) is 42.0 Å². The molecule has 0 aliphatic heterocycles. The van der Waals surface area contributed by atoms with E-state index in [0.717, 1.165) is 5.56 Å². The molecule has 1 amide bonds. The second-order valence-electron chi connectivity index (χ2n) is 5.77. The van der Waals surface area contributed by atoms with Crippen LogP contribution in [0.15, 0.2) is 59.9 Å². The summed E-state index contributed by atoms with van der Waals surface area (Å²) in [6.07, 6.45) is 1.70. The van der Waals surface area contributed by atoms with Gasteiger partial charge in [0.2, 0.25) is 5.91 Å². The number of amides is 1. The van der Waals surface area contributed by atoms with Crippen molar-refractivity contribution >= 4 is 23.4 Å². The summed E-state index contributed by atoms with van der Waals surface area (Å²) in [7, 11) is 0. The summed E-state index contributed by atoms with van der Waals surface area (Å²) >= 11 is 1.22. The highest BCUT2D eigenvalue weighted by molar-refractivity contribution is 7.99. The number of hydrogen-bond acceptors (Lipinski definition) is 4. The number of aliphatic hydroxyl groups is 1. The number of carbonyl (C=O) groups excluding carboxylic acids is 1. The van der Waals surface area contributed by atoms with Gasteiger partial charge in [-0.1, -0.05) is 23.9 Å². The third kappa shape index (κ3) is 5.38. The minimum absolute atomic E-state index is 0.0999. The molecule has 2 aromatic carbocycles. The lowest BCUT2D eigenvalue weighted by molar-refractivity contribution is -0.113. The Labute approximate surface area is 159 Å². The Morgan fingerprint density at radius 2 is 1.70 bits per heavy atom. The topological polar surface area (TPSA) is 67.1 Å². The zero-order valence-electron chi connectivity index (χ0n) is 14.2. The van der Waals surface area contributed by atoms with Crippen molar-refractivity contribution in [3.63, 3.8) is 0 Å². The number of benzene rings is 2. The third-order valence-corrected chi connectivity index (χ3v) is 4.67. The Bertz CT molecular complexity index is 912. The Morgan fingerprint density at radius 3 is 2.33 bits per heavy atom. The first kappa shape index (κ1) is 19.1. The number of anilines is 1. The number of aliphatic hydroxyl groups excluding tert-OH is 1. The number of halogens is 2. The molecule has 0 bridgehead atoms. The van der Waals surface area contributed by atoms with E-state index in [0.29, 0.717) is 23.1 Å². The van der Waals surface area contributed by atoms with Crippen LogP contribution in [0.4, 0.5) is 14.5 Å². The fourth-order valence-corrected chi connectivity index (χ4v) is 3.20. The highest BCUT2D eigenvalue weighted by atomic mass is 32.2. The molecule has 5 nitrogen and oxygen atoms in total. The monoisotopic (exact) mass is 389 g/mol. The summed E-state index contributed by atoms with van der Waals surface area (Å²) < 4.78 is 27.8. The van der Waals surface area contributed by atoms with E-state index in [1.54, 1.807) is 22.9 Å². The number of hydrogen-bond donors (Lipinski definition) is 2. The summed E-state index contributed by atoms with van der Waals surface area (Å²) in [5.74, 6) is -0.842. The quantitative estimate of drug-likeness (QED) is 0.608. The van der Waals surface area contributed by atoms with Gasteiger partial charge in [0.1, 0.15) is 11.6 Å². The number of rotatable bonds is 7. The van der Waals surface area contributed by atoms with Crippen molar-refractivity contribution in [3.05, 3.63) is 77.6 Å². The molecular formula is C19H17F2N3O2S. The van der Waals surface area contributed by atoms with Gasteiger partial charge in [0.15, 0.2) is 5.16 Å². The van der Waals surface area contributed by atoms with Gasteiger partial charge >= 0.3 is 0 Å². The Balaban J connectivity index is 1.64. The minimum Gasteiger partial charge on any atom is -0.390 e. The first-order valence-electron chi connectivity index (χ1n) is 8.13. The van der Waals surface area contributed by atoms with E-state index in [-0.39, 0.29) is 29.9 Å². The predicted octanol–water partition coefficient (Wildman–Crippen LogP) is 3.43. The minimum atomic E-state index is -0.373. The second-order valence-corrected chi connectivity index (χ2v) is 6.71. The maximum absolute atomic E-state index is 13.1. The normalized spacial score (nSPS) is 10.8. The molecule has 8 heteroatoms.